The maximum absolute atomic E-state index is 13.7. The summed E-state index contributed by atoms with van der Waals surface area (Å²) >= 11 is 1.34. The average molecular weight is 590 g/mol. The number of nitrogens with zero attached hydrogens (tertiary/aromatic N) is 1. The van der Waals surface area contributed by atoms with E-state index in [0.717, 1.165) is 34.9 Å². The third-order valence-electron chi connectivity index (χ3n) is 7.56. The van der Waals surface area contributed by atoms with Gasteiger partial charge in [0.1, 0.15) is 5.75 Å². The third-order valence-corrected chi connectivity index (χ3v) is 10.1. The minimum atomic E-state index is -4.33. The van der Waals surface area contributed by atoms with Gasteiger partial charge in [-0.3, -0.25) is 0 Å². The Bertz CT molecular complexity index is 1400. The van der Waals surface area contributed by atoms with Crippen molar-refractivity contribution in [1.29, 1.82) is 0 Å². The van der Waals surface area contributed by atoms with Gasteiger partial charge in [-0.25, -0.2) is 0 Å². The summed E-state index contributed by atoms with van der Waals surface area (Å²) < 4.78 is 53.2. The summed E-state index contributed by atoms with van der Waals surface area (Å²) in [5, 5.41) is 8.82. The van der Waals surface area contributed by atoms with Gasteiger partial charge in [0, 0.05) is 31.0 Å². The largest absolute Gasteiger partial charge is 0.495 e. The molecule has 2 fully saturated rings. The van der Waals surface area contributed by atoms with Gasteiger partial charge in [0.25, 0.3) is 0 Å². The summed E-state index contributed by atoms with van der Waals surface area (Å²) in [7, 11) is 3.50. The number of rotatable bonds is 7. The zero-order chi connectivity index (χ0) is 28.4. The fourth-order valence-electron chi connectivity index (χ4n) is 5.72. The first kappa shape index (κ1) is 29.0. The van der Waals surface area contributed by atoms with E-state index >= 15 is 0 Å². The Morgan fingerprint density at radius 1 is 1.12 bits per heavy atom. The number of anilines is 2. The smallest absolute Gasteiger partial charge is 0.393 e. The molecular formula is C30H35F3N3O2PS. The topological polar surface area (TPSA) is 45.8 Å². The molecule has 3 aromatic rings. The molecule has 5 nitrogen and oxygen atoms in total. The molecule has 214 valence electrons. The lowest BCUT2D eigenvalue weighted by Gasteiger charge is -2.46. The average Bonchev–Trinajstić information content (AvgIpc) is 3.23. The molecule has 3 atom stereocenters. The summed E-state index contributed by atoms with van der Waals surface area (Å²) in [6.07, 6.45) is -5.34. The Kier molecular flexibility index (Phi) is 8.82. The van der Waals surface area contributed by atoms with Crippen molar-refractivity contribution >= 4 is 46.0 Å². The number of alkyl halides is 3. The molecule has 0 aliphatic carbocycles. The van der Waals surface area contributed by atoms with Crippen LogP contribution in [-0.2, 0) is 11.2 Å². The van der Waals surface area contributed by atoms with Crippen molar-refractivity contribution in [3.63, 3.8) is 0 Å². The molecular weight excluding hydrogens is 554 g/mol. The lowest BCUT2D eigenvalue weighted by Crippen LogP contribution is -2.57. The fraction of sp³-hybridized carbons (Fsp3) is 0.467. The number of thiophene rings is 1. The van der Waals surface area contributed by atoms with Crippen molar-refractivity contribution in [2.24, 2.45) is 11.8 Å². The van der Waals surface area contributed by atoms with Crippen LogP contribution in [0, 0.1) is 23.7 Å². The van der Waals surface area contributed by atoms with Gasteiger partial charge in [-0.2, -0.15) is 13.2 Å². The van der Waals surface area contributed by atoms with Crippen LogP contribution in [0.15, 0.2) is 36.4 Å². The standard InChI is InChI=1S/C30H35F3N3O2PS/c1-36-15-19-17-38-18-20(16-36)28(19)35-25-8-5-7-22-23(14-30(31,32)33)27(40-29(22)25)9-6-12-34-24-11-10-21(39(3)4)13-26(24)37-2/h5,7-8,10-11,13,19-20,28,34-35H,12,14-18H2,1-4H3/t19-,20+,28?. The lowest BCUT2D eigenvalue weighted by atomic mass is 9.82. The first-order valence-corrected chi connectivity index (χ1v) is 16.4. The van der Waals surface area contributed by atoms with Crippen LogP contribution in [0.5, 0.6) is 5.75 Å². The number of methoxy groups -OCH3 is 1. The van der Waals surface area contributed by atoms with E-state index in [4.69, 9.17) is 9.47 Å². The van der Waals surface area contributed by atoms with Gasteiger partial charge >= 0.3 is 6.18 Å². The van der Waals surface area contributed by atoms with E-state index in [0.29, 0.717) is 35.3 Å². The van der Waals surface area contributed by atoms with Crippen LogP contribution in [0.4, 0.5) is 24.5 Å². The molecule has 2 aliphatic rings. The van der Waals surface area contributed by atoms with Crippen LogP contribution in [-0.4, -0.2) is 77.5 Å². The number of hydrogen-bond acceptors (Lipinski definition) is 6. The Morgan fingerprint density at radius 2 is 1.88 bits per heavy atom. The highest BCUT2D eigenvalue weighted by atomic mass is 32.1. The number of halogens is 3. The van der Waals surface area contributed by atoms with Crippen LogP contribution in [0.3, 0.4) is 0 Å². The van der Waals surface area contributed by atoms with Gasteiger partial charge in [-0.05, 0) is 54.8 Å². The number of benzene rings is 2. The maximum Gasteiger partial charge on any atom is 0.393 e. The van der Waals surface area contributed by atoms with Gasteiger partial charge < -0.3 is 25.0 Å². The second kappa shape index (κ2) is 12.2. The van der Waals surface area contributed by atoms with Crippen molar-refractivity contribution in [1.82, 2.24) is 4.90 Å². The molecule has 0 radical (unpaired) electrons. The van der Waals surface area contributed by atoms with E-state index in [9.17, 15) is 13.2 Å². The molecule has 40 heavy (non-hydrogen) atoms. The van der Waals surface area contributed by atoms with Crippen LogP contribution in [0.2, 0.25) is 0 Å². The highest BCUT2D eigenvalue weighted by molar-refractivity contribution is 7.64. The minimum absolute atomic E-state index is 0.223. The molecule has 0 spiro atoms. The zero-order valence-electron chi connectivity index (χ0n) is 23.2. The molecule has 2 saturated heterocycles. The fourth-order valence-corrected chi connectivity index (χ4v) is 7.63. The number of nitrogens with one attached hydrogen (secondary N) is 2. The zero-order valence-corrected chi connectivity index (χ0v) is 24.9. The molecule has 1 unspecified atom stereocenters. The Balaban J connectivity index is 1.41. The van der Waals surface area contributed by atoms with Crippen molar-refractivity contribution in [2.75, 3.05) is 71.0 Å². The van der Waals surface area contributed by atoms with Gasteiger partial charge in [-0.15, -0.1) is 11.3 Å². The lowest BCUT2D eigenvalue weighted by molar-refractivity contribution is -0.126. The Labute approximate surface area is 239 Å². The number of fused-ring (bicyclic) bond motifs is 3. The highest BCUT2D eigenvalue weighted by Gasteiger charge is 2.39. The molecule has 0 saturated carbocycles. The molecule has 3 heterocycles. The third kappa shape index (κ3) is 6.52. The van der Waals surface area contributed by atoms with Gasteiger partial charge in [0.05, 0.1) is 54.2 Å². The van der Waals surface area contributed by atoms with E-state index < -0.39 is 12.6 Å². The number of piperidine rings is 1. The molecule has 2 aromatic carbocycles. The molecule has 2 aliphatic heterocycles. The summed E-state index contributed by atoms with van der Waals surface area (Å²) in [6.45, 7) is 7.89. The summed E-state index contributed by atoms with van der Waals surface area (Å²) in [5.41, 5.74) is 1.93. The van der Waals surface area contributed by atoms with Gasteiger partial charge in [0.2, 0.25) is 0 Å². The first-order chi connectivity index (χ1) is 19.1. The van der Waals surface area contributed by atoms with Crippen molar-refractivity contribution in [3.8, 4) is 17.6 Å². The second-order valence-electron chi connectivity index (χ2n) is 10.8. The van der Waals surface area contributed by atoms with E-state index in [1.54, 1.807) is 13.2 Å². The quantitative estimate of drug-likeness (QED) is 0.268. The number of ether oxygens (including phenoxy) is 2. The van der Waals surface area contributed by atoms with Crippen LogP contribution in [0.1, 0.15) is 10.4 Å². The molecule has 5 rings (SSSR count). The molecule has 2 N–H and O–H groups in total. The van der Waals surface area contributed by atoms with E-state index in [1.165, 1.54) is 16.6 Å². The molecule has 10 heteroatoms. The molecule has 0 amide bonds. The predicted octanol–water partition coefficient (Wildman–Crippen LogP) is 5.83. The van der Waals surface area contributed by atoms with Gasteiger partial charge in [0.15, 0.2) is 0 Å². The molecule has 2 bridgehead atoms. The van der Waals surface area contributed by atoms with E-state index in [1.807, 2.05) is 24.3 Å². The maximum atomic E-state index is 13.7. The first-order valence-electron chi connectivity index (χ1n) is 13.3. The Hall–Kier alpha value is -2.50. The van der Waals surface area contributed by atoms with Gasteiger partial charge in [-0.1, -0.05) is 38.0 Å². The SMILES string of the molecule is COc1cc(P(C)C)ccc1NCC#Cc1sc2c(NC3[C@@H]4COC[C@H]3CN(C)C4)cccc2c1CC(F)(F)F. The second-order valence-corrected chi connectivity index (χ2v) is 14.1. The number of likely N-dealkylation sites (tertiary alicyclic amines) is 1. The van der Waals surface area contributed by atoms with Crippen LogP contribution < -0.4 is 20.7 Å². The predicted molar refractivity (Wildman–Crippen MR) is 161 cm³/mol. The van der Waals surface area contributed by atoms with Crippen LogP contribution >= 0.6 is 19.3 Å². The Morgan fingerprint density at radius 3 is 2.55 bits per heavy atom. The van der Waals surface area contributed by atoms with Crippen LogP contribution in [0.25, 0.3) is 10.1 Å². The normalized spacial score (nSPS) is 21.2. The van der Waals surface area contributed by atoms with Crippen molar-refractivity contribution in [2.45, 2.75) is 18.6 Å². The highest BCUT2D eigenvalue weighted by Crippen LogP contribution is 2.40. The minimum Gasteiger partial charge on any atom is -0.495 e. The van der Waals surface area contributed by atoms with Crippen molar-refractivity contribution < 1.29 is 22.6 Å². The summed E-state index contributed by atoms with van der Waals surface area (Å²) in [5.74, 6) is 7.50. The molecule has 1 aromatic heterocycles. The summed E-state index contributed by atoms with van der Waals surface area (Å²) in [4.78, 5) is 2.79. The summed E-state index contributed by atoms with van der Waals surface area (Å²) in [6, 6.07) is 11.9. The van der Waals surface area contributed by atoms with E-state index in [2.05, 4.69) is 53.8 Å². The van der Waals surface area contributed by atoms with Crippen molar-refractivity contribution in [3.05, 3.63) is 46.8 Å². The van der Waals surface area contributed by atoms with E-state index in [-0.39, 0.29) is 26.1 Å². The number of hydrogen-bond donors (Lipinski definition) is 2. The monoisotopic (exact) mass is 589 g/mol.